The van der Waals surface area contributed by atoms with E-state index < -0.39 is 5.97 Å². The average molecular weight is 321 g/mol. The SMILES string of the molecule is COC(=O)/C(=C/c1ccccc1Cl)Cc1ccccc1Cl. The number of halogens is 2. The lowest BCUT2D eigenvalue weighted by molar-refractivity contribution is -0.136. The number of methoxy groups -OCH3 is 1. The van der Waals surface area contributed by atoms with Crippen molar-refractivity contribution in [2.75, 3.05) is 7.11 Å². The van der Waals surface area contributed by atoms with Crippen LogP contribution in [0.15, 0.2) is 54.1 Å². The molecule has 108 valence electrons. The Morgan fingerprint density at radius 2 is 1.67 bits per heavy atom. The molecule has 4 heteroatoms. The summed E-state index contributed by atoms with van der Waals surface area (Å²) in [7, 11) is 1.36. The van der Waals surface area contributed by atoms with Crippen molar-refractivity contribution in [3.63, 3.8) is 0 Å². The second-order valence-corrected chi connectivity index (χ2v) is 5.27. The maximum Gasteiger partial charge on any atom is 0.334 e. The van der Waals surface area contributed by atoms with Gasteiger partial charge in [0.1, 0.15) is 0 Å². The van der Waals surface area contributed by atoms with Gasteiger partial charge in [0.05, 0.1) is 7.11 Å². The summed E-state index contributed by atoms with van der Waals surface area (Å²) < 4.78 is 4.84. The van der Waals surface area contributed by atoms with E-state index in [1.54, 1.807) is 18.2 Å². The molecule has 0 unspecified atom stereocenters. The van der Waals surface area contributed by atoms with Gasteiger partial charge in [-0.2, -0.15) is 0 Å². The fraction of sp³-hybridized carbons (Fsp3) is 0.118. The fourth-order valence-electron chi connectivity index (χ4n) is 1.94. The maximum absolute atomic E-state index is 12.0. The van der Waals surface area contributed by atoms with Crippen molar-refractivity contribution >= 4 is 35.2 Å². The van der Waals surface area contributed by atoms with Crippen LogP contribution in [0, 0.1) is 0 Å². The van der Waals surface area contributed by atoms with Crippen LogP contribution in [0.25, 0.3) is 6.08 Å². The number of rotatable bonds is 4. The van der Waals surface area contributed by atoms with E-state index >= 15 is 0 Å². The lowest BCUT2D eigenvalue weighted by atomic mass is 10.0. The van der Waals surface area contributed by atoms with E-state index in [4.69, 9.17) is 27.9 Å². The van der Waals surface area contributed by atoms with Gasteiger partial charge >= 0.3 is 5.97 Å². The van der Waals surface area contributed by atoms with Crippen molar-refractivity contribution in [3.8, 4) is 0 Å². The smallest absolute Gasteiger partial charge is 0.334 e. The highest BCUT2D eigenvalue weighted by molar-refractivity contribution is 6.32. The van der Waals surface area contributed by atoms with Gasteiger partial charge in [0.25, 0.3) is 0 Å². The zero-order chi connectivity index (χ0) is 15.2. The maximum atomic E-state index is 12.0. The molecule has 2 aromatic rings. The molecule has 0 fully saturated rings. The zero-order valence-corrected chi connectivity index (χ0v) is 13.0. The lowest BCUT2D eigenvalue weighted by Gasteiger charge is -2.08. The first kappa shape index (κ1) is 15.6. The first-order valence-corrected chi connectivity index (χ1v) is 7.14. The number of benzene rings is 2. The molecule has 0 saturated carbocycles. The van der Waals surface area contributed by atoms with E-state index in [9.17, 15) is 4.79 Å². The quantitative estimate of drug-likeness (QED) is 0.598. The second kappa shape index (κ2) is 7.30. The van der Waals surface area contributed by atoms with Gasteiger partial charge < -0.3 is 4.74 Å². The van der Waals surface area contributed by atoms with Crippen LogP contribution in [0.2, 0.25) is 10.0 Å². The zero-order valence-electron chi connectivity index (χ0n) is 11.5. The third kappa shape index (κ3) is 4.10. The minimum atomic E-state index is -0.394. The van der Waals surface area contributed by atoms with Gasteiger partial charge in [-0.05, 0) is 29.3 Å². The van der Waals surface area contributed by atoms with Crippen molar-refractivity contribution < 1.29 is 9.53 Å². The van der Waals surface area contributed by atoms with Gasteiger partial charge in [-0.1, -0.05) is 59.6 Å². The summed E-state index contributed by atoms with van der Waals surface area (Å²) in [5.74, 6) is -0.394. The molecular weight excluding hydrogens is 307 g/mol. The fourth-order valence-corrected chi connectivity index (χ4v) is 2.33. The Morgan fingerprint density at radius 1 is 1.05 bits per heavy atom. The van der Waals surface area contributed by atoms with E-state index in [-0.39, 0.29) is 0 Å². The van der Waals surface area contributed by atoms with Gasteiger partial charge in [-0.15, -0.1) is 0 Å². The third-order valence-electron chi connectivity index (χ3n) is 3.02. The highest BCUT2D eigenvalue weighted by Crippen LogP contribution is 2.23. The number of ether oxygens (including phenoxy) is 1. The van der Waals surface area contributed by atoms with Crippen LogP contribution in [0.5, 0.6) is 0 Å². The standard InChI is InChI=1S/C17H14Cl2O2/c1-21-17(20)14(10-12-6-2-4-8-15(12)18)11-13-7-3-5-9-16(13)19/h2-10H,11H2,1H3/b14-10+. The molecule has 0 aliphatic heterocycles. The van der Waals surface area contributed by atoms with E-state index in [0.717, 1.165) is 11.1 Å². The molecule has 0 radical (unpaired) electrons. The minimum absolute atomic E-state index is 0.386. The molecule has 2 rings (SSSR count). The minimum Gasteiger partial charge on any atom is -0.466 e. The summed E-state index contributed by atoms with van der Waals surface area (Å²) in [4.78, 5) is 12.0. The summed E-state index contributed by atoms with van der Waals surface area (Å²) in [5, 5.41) is 1.20. The Bertz CT molecular complexity index is 678. The number of carbonyl (C=O) groups is 1. The number of carbonyl (C=O) groups excluding carboxylic acids is 1. The van der Waals surface area contributed by atoms with Gasteiger partial charge in [-0.25, -0.2) is 4.79 Å². The molecule has 0 atom stereocenters. The molecule has 0 N–H and O–H groups in total. The van der Waals surface area contributed by atoms with Crippen molar-refractivity contribution in [2.45, 2.75) is 6.42 Å². The van der Waals surface area contributed by atoms with Crippen molar-refractivity contribution in [2.24, 2.45) is 0 Å². The number of hydrogen-bond donors (Lipinski definition) is 0. The molecule has 0 bridgehead atoms. The van der Waals surface area contributed by atoms with Crippen molar-refractivity contribution in [1.82, 2.24) is 0 Å². The summed E-state index contributed by atoms with van der Waals surface area (Å²) in [5.41, 5.74) is 2.13. The highest BCUT2D eigenvalue weighted by Gasteiger charge is 2.13. The summed E-state index contributed by atoms with van der Waals surface area (Å²) in [6.07, 6.45) is 2.12. The molecule has 2 aromatic carbocycles. The Labute approximate surface area is 134 Å². The normalized spacial score (nSPS) is 11.3. The van der Waals surface area contributed by atoms with Crippen LogP contribution in [0.3, 0.4) is 0 Å². The molecule has 0 aliphatic carbocycles. The lowest BCUT2D eigenvalue weighted by Crippen LogP contribution is -2.07. The van der Waals surface area contributed by atoms with Crippen LogP contribution in [0.1, 0.15) is 11.1 Å². The van der Waals surface area contributed by atoms with Crippen LogP contribution in [-0.2, 0) is 16.0 Å². The van der Waals surface area contributed by atoms with E-state index in [2.05, 4.69) is 0 Å². The predicted octanol–water partition coefficient (Wildman–Crippen LogP) is 4.79. The molecule has 21 heavy (non-hydrogen) atoms. The first-order chi connectivity index (χ1) is 10.1. The summed E-state index contributed by atoms with van der Waals surface area (Å²) >= 11 is 12.3. The number of esters is 1. The Balaban J connectivity index is 2.38. The monoisotopic (exact) mass is 320 g/mol. The highest BCUT2D eigenvalue weighted by atomic mass is 35.5. The molecule has 0 spiro atoms. The van der Waals surface area contributed by atoms with Crippen LogP contribution in [-0.4, -0.2) is 13.1 Å². The second-order valence-electron chi connectivity index (χ2n) is 4.45. The van der Waals surface area contributed by atoms with E-state index in [1.807, 2.05) is 36.4 Å². The van der Waals surface area contributed by atoms with Crippen LogP contribution in [0.4, 0.5) is 0 Å². The van der Waals surface area contributed by atoms with E-state index in [1.165, 1.54) is 7.11 Å². The van der Waals surface area contributed by atoms with Gasteiger partial charge in [0.2, 0.25) is 0 Å². The largest absolute Gasteiger partial charge is 0.466 e. The molecule has 2 nitrogen and oxygen atoms in total. The van der Waals surface area contributed by atoms with Crippen LogP contribution >= 0.6 is 23.2 Å². The molecular formula is C17H14Cl2O2. The van der Waals surface area contributed by atoms with Gasteiger partial charge in [0, 0.05) is 22.0 Å². The van der Waals surface area contributed by atoms with Crippen molar-refractivity contribution in [1.29, 1.82) is 0 Å². The van der Waals surface area contributed by atoms with Crippen molar-refractivity contribution in [3.05, 3.63) is 75.3 Å². The molecule has 0 heterocycles. The van der Waals surface area contributed by atoms with Crippen LogP contribution < -0.4 is 0 Å². The first-order valence-electron chi connectivity index (χ1n) is 6.38. The number of hydrogen-bond acceptors (Lipinski definition) is 2. The molecule has 0 amide bonds. The van der Waals surface area contributed by atoms with E-state index in [0.29, 0.717) is 22.0 Å². The summed E-state index contributed by atoms with van der Waals surface area (Å²) in [6.45, 7) is 0. The Hall–Kier alpha value is -1.77. The Kier molecular flexibility index (Phi) is 5.43. The third-order valence-corrected chi connectivity index (χ3v) is 3.73. The average Bonchev–Trinajstić information content (AvgIpc) is 2.50. The van der Waals surface area contributed by atoms with Gasteiger partial charge in [-0.3, -0.25) is 0 Å². The Morgan fingerprint density at radius 3 is 2.29 bits per heavy atom. The molecule has 0 saturated heterocycles. The molecule has 0 aromatic heterocycles. The van der Waals surface area contributed by atoms with Gasteiger partial charge in [0.15, 0.2) is 0 Å². The molecule has 0 aliphatic rings. The summed E-state index contributed by atoms with van der Waals surface area (Å²) in [6, 6.07) is 14.7. The topological polar surface area (TPSA) is 26.3 Å². The predicted molar refractivity (Wildman–Crippen MR) is 86.6 cm³/mol.